The van der Waals surface area contributed by atoms with Crippen molar-refractivity contribution >= 4 is 38.5 Å². The van der Waals surface area contributed by atoms with Gasteiger partial charge in [-0.05, 0) is 69.1 Å². The van der Waals surface area contributed by atoms with Crippen molar-refractivity contribution in [2.75, 3.05) is 45.3 Å². The zero-order valence-corrected chi connectivity index (χ0v) is 30.6. The van der Waals surface area contributed by atoms with Crippen LogP contribution in [0.2, 0.25) is 0 Å². The summed E-state index contributed by atoms with van der Waals surface area (Å²) in [6.07, 6.45) is 1.92. The molecule has 3 aliphatic carbocycles. The first-order chi connectivity index (χ1) is 24.5. The van der Waals surface area contributed by atoms with E-state index in [0.29, 0.717) is 42.5 Å². The van der Waals surface area contributed by atoms with Gasteiger partial charge in [0.15, 0.2) is 16.9 Å². The van der Waals surface area contributed by atoms with Gasteiger partial charge in [0, 0.05) is 53.8 Å². The number of ether oxygens (including phenoxy) is 4. The van der Waals surface area contributed by atoms with Crippen LogP contribution in [0.5, 0.6) is 11.5 Å². The third-order valence-corrected chi connectivity index (χ3v) is 15.5. The SMILES string of the molecule is CCOC(=O)CCc1cc2ccoc2c2c1OC1OC(CO)(CSSC3(CCCC3)CNCCO2)C2(O)CC3CCC(O)C(CO)C3C1(O)C2O. The highest BCUT2D eigenvalue weighted by Crippen LogP contribution is 2.61. The maximum Gasteiger partial charge on any atom is 0.306 e. The van der Waals surface area contributed by atoms with Gasteiger partial charge in [-0.1, -0.05) is 34.4 Å². The van der Waals surface area contributed by atoms with Gasteiger partial charge in [0.25, 0.3) is 0 Å². The first-order valence-electron chi connectivity index (χ1n) is 18.2. The van der Waals surface area contributed by atoms with E-state index in [1.54, 1.807) is 29.9 Å². The molecule has 1 saturated heterocycles. The van der Waals surface area contributed by atoms with E-state index in [1.165, 1.54) is 17.1 Å². The fraction of sp³-hybridized carbons (Fsp3) is 0.750. The van der Waals surface area contributed by atoms with E-state index >= 15 is 0 Å². The molecule has 284 valence electrons. The number of furan rings is 1. The lowest BCUT2D eigenvalue weighted by molar-refractivity contribution is -0.421. The second kappa shape index (κ2) is 14.8. The summed E-state index contributed by atoms with van der Waals surface area (Å²) in [6.45, 7) is 2.22. The van der Waals surface area contributed by atoms with E-state index in [-0.39, 0.29) is 54.5 Å². The summed E-state index contributed by atoms with van der Waals surface area (Å²) in [5.41, 5.74) is -5.38. The summed E-state index contributed by atoms with van der Waals surface area (Å²) in [6, 6.07) is 3.57. The molecule has 3 heterocycles. The average molecular weight is 754 g/mol. The van der Waals surface area contributed by atoms with Gasteiger partial charge in [-0.3, -0.25) is 4.79 Å². The number of aliphatic hydroxyl groups excluding tert-OH is 4. The fourth-order valence-electron chi connectivity index (χ4n) is 9.49. The van der Waals surface area contributed by atoms with Gasteiger partial charge in [0.2, 0.25) is 12.0 Å². The summed E-state index contributed by atoms with van der Waals surface area (Å²) in [7, 11) is 3.15. The lowest BCUT2D eigenvalue weighted by atomic mass is 9.49. The molecule has 15 heteroatoms. The second-order valence-electron chi connectivity index (χ2n) is 15.0. The van der Waals surface area contributed by atoms with E-state index in [1.807, 2.05) is 0 Å². The third kappa shape index (κ3) is 6.36. The Morgan fingerprint density at radius 3 is 2.69 bits per heavy atom. The number of carbonyl (C=O) groups is 1. The number of aliphatic hydroxyl groups is 6. The van der Waals surface area contributed by atoms with Crippen LogP contribution < -0.4 is 14.8 Å². The van der Waals surface area contributed by atoms with Gasteiger partial charge in [-0.2, -0.15) is 0 Å². The Bertz CT molecular complexity index is 1550. The molecule has 3 saturated carbocycles. The Hall–Kier alpha value is -1.79. The van der Waals surface area contributed by atoms with Crippen LogP contribution in [-0.2, 0) is 20.7 Å². The molecule has 51 heavy (non-hydrogen) atoms. The smallest absolute Gasteiger partial charge is 0.306 e. The summed E-state index contributed by atoms with van der Waals surface area (Å²) in [4.78, 5) is 12.6. The number of fused-ring (bicyclic) bond motifs is 11. The van der Waals surface area contributed by atoms with Crippen LogP contribution in [0.4, 0.5) is 0 Å². The lowest BCUT2D eigenvalue weighted by Gasteiger charge is -2.67. The average Bonchev–Trinajstić information content (AvgIpc) is 3.79. The molecule has 13 nitrogen and oxygen atoms in total. The molecule has 5 aliphatic rings. The summed E-state index contributed by atoms with van der Waals surface area (Å²) < 4.78 is 30.9. The second-order valence-corrected chi connectivity index (χ2v) is 17.8. The van der Waals surface area contributed by atoms with Gasteiger partial charge >= 0.3 is 5.97 Å². The van der Waals surface area contributed by atoms with E-state index in [4.69, 9.17) is 23.4 Å². The number of hydrogen-bond donors (Lipinski definition) is 7. The molecule has 1 spiro atoms. The van der Waals surface area contributed by atoms with Crippen molar-refractivity contribution in [1.29, 1.82) is 0 Å². The van der Waals surface area contributed by atoms with Gasteiger partial charge in [0.05, 0.1) is 25.6 Å². The van der Waals surface area contributed by atoms with Crippen LogP contribution in [0.1, 0.15) is 63.9 Å². The minimum atomic E-state index is -2.36. The van der Waals surface area contributed by atoms with Crippen molar-refractivity contribution in [1.82, 2.24) is 5.32 Å². The van der Waals surface area contributed by atoms with Crippen LogP contribution in [0.15, 0.2) is 22.8 Å². The topological polar surface area (TPSA) is 201 Å². The summed E-state index contributed by atoms with van der Waals surface area (Å²) in [5, 5.41) is 75.0. The number of aryl methyl sites for hydroxylation is 1. The van der Waals surface area contributed by atoms with Gasteiger partial charge in [0.1, 0.15) is 23.9 Å². The van der Waals surface area contributed by atoms with Crippen molar-refractivity contribution in [3.8, 4) is 11.5 Å². The number of carbonyl (C=O) groups excluding carboxylic acids is 1. The van der Waals surface area contributed by atoms with Crippen molar-refractivity contribution < 1.29 is 58.8 Å². The molecular formula is C36H51NO12S2. The zero-order valence-electron chi connectivity index (χ0n) is 29.0. The molecule has 9 atom stereocenters. The van der Waals surface area contributed by atoms with Crippen molar-refractivity contribution in [2.45, 2.75) is 105 Å². The predicted molar refractivity (Wildman–Crippen MR) is 189 cm³/mol. The van der Waals surface area contributed by atoms with Crippen LogP contribution in [0, 0.1) is 17.8 Å². The van der Waals surface area contributed by atoms with E-state index < -0.39 is 72.2 Å². The fourth-order valence-corrected chi connectivity index (χ4v) is 13.2. The first-order valence-corrected chi connectivity index (χ1v) is 20.6. The molecule has 4 fully saturated rings. The Labute approximate surface area is 305 Å². The highest BCUT2D eigenvalue weighted by Gasteiger charge is 2.77. The molecule has 4 bridgehead atoms. The Morgan fingerprint density at radius 2 is 1.94 bits per heavy atom. The molecule has 0 radical (unpaired) electrons. The lowest BCUT2D eigenvalue weighted by Crippen LogP contribution is -2.85. The molecule has 1 aromatic carbocycles. The number of esters is 1. The highest BCUT2D eigenvalue weighted by atomic mass is 33.1. The number of nitrogens with one attached hydrogen (secondary N) is 1. The molecule has 1 aromatic heterocycles. The number of hydrogen-bond acceptors (Lipinski definition) is 15. The summed E-state index contributed by atoms with van der Waals surface area (Å²) in [5.74, 6) is -2.30. The molecule has 9 unspecified atom stereocenters. The maximum absolute atomic E-state index is 12.9. The Kier molecular flexibility index (Phi) is 10.9. The van der Waals surface area contributed by atoms with Crippen molar-refractivity contribution in [3.05, 3.63) is 24.0 Å². The number of benzene rings is 1. The van der Waals surface area contributed by atoms with E-state index in [0.717, 1.165) is 25.7 Å². The quantitative estimate of drug-likeness (QED) is 0.167. The maximum atomic E-state index is 12.9. The normalized spacial score (nSPS) is 38.1. The largest absolute Gasteiger partial charge is 0.485 e. The minimum absolute atomic E-state index is 0.00667. The van der Waals surface area contributed by atoms with Crippen LogP contribution in [-0.4, -0.2) is 122 Å². The third-order valence-electron chi connectivity index (χ3n) is 12.1. The molecule has 2 aliphatic heterocycles. The molecule has 7 N–H and O–H groups in total. The Balaban J connectivity index is 1.39. The molecular weight excluding hydrogens is 703 g/mol. The standard InChI is InChI=1S/C36H51NO12S2/c1-2-45-26(41)8-6-21-15-22-9-13-46-28(22)30-29(21)48-32-36(44)27-23(5-7-25(40)24(27)17-38)16-35(43,31(36)42)34(19-39,49-32)20-50-51-33(10-3-4-11-33)18-37-12-14-47-30/h9,13,15,23-25,27,31-32,37-40,42-44H,2-8,10-12,14,16-20H2,1H3. The summed E-state index contributed by atoms with van der Waals surface area (Å²) >= 11 is 0. The molecule has 7 rings (SSSR count). The van der Waals surface area contributed by atoms with Crippen LogP contribution >= 0.6 is 21.6 Å². The molecule has 2 aromatic rings. The van der Waals surface area contributed by atoms with E-state index in [2.05, 4.69) is 5.32 Å². The van der Waals surface area contributed by atoms with Gasteiger partial charge in [-0.25, -0.2) is 0 Å². The minimum Gasteiger partial charge on any atom is -0.485 e. The van der Waals surface area contributed by atoms with Crippen LogP contribution in [0.25, 0.3) is 11.0 Å². The predicted octanol–water partition coefficient (Wildman–Crippen LogP) is 2.29. The highest BCUT2D eigenvalue weighted by molar-refractivity contribution is 8.77. The van der Waals surface area contributed by atoms with Crippen molar-refractivity contribution in [2.24, 2.45) is 17.8 Å². The zero-order chi connectivity index (χ0) is 36.0. The first kappa shape index (κ1) is 37.5. The van der Waals surface area contributed by atoms with Gasteiger partial charge < -0.3 is 59.3 Å². The monoisotopic (exact) mass is 753 g/mol. The van der Waals surface area contributed by atoms with Gasteiger partial charge in [-0.15, -0.1) is 0 Å². The van der Waals surface area contributed by atoms with Crippen molar-refractivity contribution in [3.63, 3.8) is 0 Å². The molecule has 0 amide bonds. The van der Waals surface area contributed by atoms with E-state index in [9.17, 15) is 35.4 Å². The van der Waals surface area contributed by atoms with Crippen LogP contribution in [0.3, 0.4) is 0 Å². The Morgan fingerprint density at radius 1 is 1.14 bits per heavy atom. The number of rotatable bonds is 6.